The Balaban J connectivity index is 0.000000211. The van der Waals surface area contributed by atoms with Crippen LogP contribution in [0.15, 0.2) is 42.5 Å². The van der Waals surface area contributed by atoms with Gasteiger partial charge in [0.1, 0.15) is 0 Å². The van der Waals surface area contributed by atoms with Gasteiger partial charge in [-0.3, -0.25) is 0 Å². The van der Waals surface area contributed by atoms with Crippen LogP contribution in [0, 0.1) is 0 Å². The minimum atomic E-state index is 0.105. The van der Waals surface area contributed by atoms with Crippen LogP contribution in [0.3, 0.4) is 0 Å². The molecule has 0 saturated heterocycles. The molecule has 114 valence electrons. The summed E-state index contributed by atoms with van der Waals surface area (Å²) in [5.41, 5.74) is 20.8. The van der Waals surface area contributed by atoms with Gasteiger partial charge in [-0.05, 0) is 61.4 Å². The minimum absolute atomic E-state index is 0.105. The van der Waals surface area contributed by atoms with Crippen LogP contribution in [0.2, 0.25) is 0 Å². The van der Waals surface area contributed by atoms with Crippen molar-refractivity contribution in [1.82, 2.24) is 0 Å². The predicted molar refractivity (Wildman–Crippen MR) is 91.1 cm³/mol. The topological polar surface area (TPSA) is 110 Å². The zero-order chi connectivity index (χ0) is 15.7. The molecule has 0 bridgehead atoms. The van der Waals surface area contributed by atoms with Crippen LogP contribution in [0.4, 0.5) is 22.7 Å². The highest BCUT2D eigenvalue weighted by Gasteiger charge is 1.97. The molecule has 8 N–H and O–H groups in total. The number of benzene rings is 2. The Labute approximate surface area is 125 Å². The van der Waals surface area contributed by atoms with Gasteiger partial charge in [-0.15, -0.1) is 0 Å². The van der Waals surface area contributed by atoms with Crippen molar-refractivity contribution < 1.29 is 5.11 Å². The molecule has 0 saturated carbocycles. The lowest BCUT2D eigenvalue weighted by Crippen LogP contribution is -1.98. The van der Waals surface area contributed by atoms with Crippen LogP contribution in [0.5, 0.6) is 0 Å². The lowest BCUT2D eigenvalue weighted by molar-refractivity contribution is 0.300. The van der Waals surface area contributed by atoms with E-state index in [0.29, 0.717) is 17.8 Å². The van der Waals surface area contributed by atoms with Crippen molar-refractivity contribution in [3.05, 3.63) is 48.0 Å². The maximum atomic E-state index is 8.64. The number of aliphatic hydroxyl groups is 1. The SMILES string of the molecule is CCNc1ccc(N)cc1.Nc1ccc(N)c(CCO)c1. The standard InChI is InChI=1S/C8H12N2O.C8H12N2/c9-7-1-2-8(10)6(5-7)3-4-11;1-2-10-8-5-3-7(9)4-6-8/h1-2,5,11H,3-4,9-10H2;3-6,10H,2,9H2,1H3. The zero-order valence-electron chi connectivity index (χ0n) is 12.3. The molecule has 21 heavy (non-hydrogen) atoms. The van der Waals surface area contributed by atoms with Crippen molar-refractivity contribution in [3.63, 3.8) is 0 Å². The van der Waals surface area contributed by atoms with Crippen molar-refractivity contribution >= 4 is 22.7 Å². The Morgan fingerprint density at radius 1 is 0.952 bits per heavy atom. The molecular formula is C16H24N4O. The highest BCUT2D eigenvalue weighted by Crippen LogP contribution is 2.15. The molecule has 2 aromatic carbocycles. The van der Waals surface area contributed by atoms with Crippen molar-refractivity contribution in [2.24, 2.45) is 0 Å². The van der Waals surface area contributed by atoms with E-state index in [1.54, 1.807) is 18.2 Å². The van der Waals surface area contributed by atoms with Crippen LogP contribution in [0.1, 0.15) is 12.5 Å². The Hall–Kier alpha value is -2.40. The first-order valence-corrected chi connectivity index (χ1v) is 6.91. The molecule has 0 aliphatic rings. The summed E-state index contributed by atoms with van der Waals surface area (Å²) in [4.78, 5) is 0. The van der Waals surface area contributed by atoms with Gasteiger partial charge in [0.15, 0.2) is 0 Å². The third-order valence-corrected chi connectivity index (χ3v) is 2.84. The first-order valence-electron chi connectivity index (χ1n) is 6.91. The van der Waals surface area contributed by atoms with Crippen molar-refractivity contribution in [2.45, 2.75) is 13.3 Å². The summed E-state index contributed by atoms with van der Waals surface area (Å²) in [7, 11) is 0. The first-order chi connectivity index (χ1) is 10.1. The number of nitrogens with one attached hydrogen (secondary N) is 1. The van der Waals surface area contributed by atoms with Gasteiger partial charge in [0.05, 0.1) is 0 Å². The van der Waals surface area contributed by atoms with Gasteiger partial charge in [0.2, 0.25) is 0 Å². The summed E-state index contributed by atoms with van der Waals surface area (Å²) in [5.74, 6) is 0. The normalized spacial score (nSPS) is 9.62. The van der Waals surface area contributed by atoms with Crippen molar-refractivity contribution in [1.29, 1.82) is 0 Å². The number of nitrogens with two attached hydrogens (primary N) is 3. The molecule has 2 rings (SSSR count). The summed E-state index contributed by atoms with van der Waals surface area (Å²) < 4.78 is 0. The van der Waals surface area contributed by atoms with Crippen LogP contribution in [-0.4, -0.2) is 18.3 Å². The molecule has 0 fully saturated rings. The highest BCUT2D eigenvalue weighted by atomic mass is 16.2. The average Bonchev–Trinajstić information content (AvgIpc) is 2.47. The molecule has 0 atom stereocenters. The molecule has 0 spiro atoms. The number of nitrogen functional groups attached to an aromatic ring is 3. The van der Waals surface area contributed by atoms with E-state index in [0.717, 1.165) is 23.5 Å². The molecule has 5 heteroatoms. The third kappa shape index (κ3) is 6.05. The Morgan fingerprint density at radius 2 is 1.57 bits per heavy atom. The van der Waals surface area contributed by atoms with Crippen LogP contribution < -0.4 is 22.5 Å². The number of anilines is 4. The maximum absolute atomic E-state index is 8.64. The number of hydrogen-bond donors (Lipinski definition) is 5. The molecule has 0 aliphatic heterocycles. The fraction of sp³-hybridized carbons (Fsp3) is 0.250. The fourth-order valence-corrected chi connectivity index (χ4v) is 1.77. The molecule has 0 aliphatic carbocycles. The predicted octanol–water partition coefficient (Wildman–Crippen LogP) is 2.09. The minimum Gasteiger partial charge on any atom is -0.399 e. The van der Waals surface area contributed by atoms with Gasteiger partial charge in [0.25, 0.3) is 0 Å². The van der Waals surface area contributed by atoms with E-state index in [2.05, 4.69) is 12.2 Å². The summed E-state index contributed by atoms with van der Waals surface area (Å²) in [6.45, 7) is 3.12. The lowest BCUT2D eigenvalue weighted by atomic mass is 10.1. The molecule has 0 aromatic heterocycles. The highest BCUT2D eigenvalue weighted by molar-refractivity contribution is 5.55. The van der Waals surface area contributed by atoms with Crippen LogP contribution in [0.25, 0.3) is 0 Å². The molecule has 0 heterocycles. The summed E-state index contributed by atoms with van der Waals surface area (Å²) in [6.07, 6.45) is 0.566. The summed E-state index contributed by atoms with van der Waals surface area (Å²) >= 11 is 0. The molecule has 0 radical (unpaired) electrons. The monoisotopic (exact) mass is 288 g/mol. The van der Waals surface area contributed by atoms with Gasteiger partial charge < -0.3 is 27.6 Å². The molecule has 0 amide bonds. The average molecular weight is 288 g/mol. The molecular weight excluding hydrogens is 264 g/mol. The third-order valence-electron chi connectivity index (χ3n) is 2.84. The second-order valence-corrected chi connectivity index (χ2v) is 4.58. The van der Waals surface area contributed by atoms with E-state index in [-0.39, 0.29) is 6.61 Å². The summed E-state index contributed by atoms with van der Waals surface area (Å²) in [6, 6.07) is 13.0. The maximum Gasteiger partial charge on any atom is 0.0472 e. The van der Waals surface area contributed by atoms with Crippen LogP contribution >= 0.6 is 0 Å². The molecule has 0 unspecified atom stereocenters. The van der Waals surface area contributed by atoms with Crippen LogP contribution in [-0.2, 0) is 6.42 Å². The quantitative estimate of drug-likeness (QED) is 0.553. The second kappa shape index (κ2) is 8.71. The van der Waals surface area contributed by atoms with Crippen molar-refractivity contribution in [2.75, 3.05) is 35.7 Å². The molecule has 5 nitrogen and oxygen atoms in total. The van der Waals surface area contributed by atoms with E-state index in [1.165, 1.54) is 0 Å². The van der Waals surface area contributed by atoms with E-state index in [4.69, 9.17) is 22.3 Å². The largest absolute Gasteiger partial charge is 0.399 e. The van der Waals surface area contributed by atoms with Crippen molar-refractivity contribution in [3.8, 4) is 0 Å². The first kappa shape index (κ1) is 16.7. The lowest BCUT2D eigenvalue weighted by Gasteiger charge is -2.03. The van der Waals surface area contributed by atoms with Gasteiger partial charge >= 0.3 is 0 Å². The summed E-state index contributed by atoms with van der Waals surface area (Å²) in [5, 5.41) is 11.8. The van der Waals surface area contributed by atoms with Gasteiger partial charge in [-0.2, -0.15) is 0 Å². The molecule has 2 aromatic rings. The second-order valence-electron chi connectivity index (χ2n) is 4.58. The van der Waals surface area contributed by atoms with Gasteiger partial charge in [-0.25, -0.2) is 0 Å². The number of rotatable bonds is 4. The van der Waals surface area contributed by atoms with E-state index in [1.807, 2.05) is 24.3 Å². The zero-order valence-corrected chi connectivity index (χ0v) is 12.3. The van der Waals surface area contributed by atoms with E-state index >= 15 is 0 Å². The number of aliphatic hydroxyl groups excluding tert-OH is 1. The van der Waals surface area contributed by atoms with E-state index in [9.17, 15) is 0 Å². The Bertz CT molecular complexity index is 540. The van der Waals surface area contributed by atoms with Gasteiger partial charge in [0, 0.05) is 35.9 Å². The smallest absolute Gasteiger partial charge is 0.0472 e. The number of hydrogen-bond acceptors (Lipinski definition) is 5. The Kier molecular flexibility index (Phi) is 6.91. The van der Waals surface area contributed by atoms with E-state index < -0.39 is 0 Å². The van der Waals surface area contributed by atoms with Gasteiger partial charge in [-0.1, -0.05) is 0 Å². The Morgan fingerprint density at radius 3 is 2.14 bits per heavy atom. The fourth-order valence-electron chi connectivity index (χ4n) is 1.77.